The zero-order valence-electron chi connectivity index (χ0n) is 13.3. The Kier molecular flexibility index (Phi) is 3.92. The highest BCUT2D eigenvalue weighted by molar-refractivity contribution is 5.73. The third-order valence-electron chi connectivity index (χ3n) is 5.70. The Hall–Kier alpha value is -0.790. The van der Waals surface area contributed by atoms with Gasteiger partial charge in [-0.2, -0.15) is 0 Å². The van der Waals surface area contributed by atoms with Gasteiger partial charge < -0.3 is 4.90 Å². The molecule has 3 aliphatic carbocycles. The van der Waals surface area contributed by atoms with Gasteiger partial charge in [0, 0.05) is 20.0 Å². The molecule has 3 aliphatic rings. The van der Waals surface area contributed by atoms with Gasteiger partial charge in [0.25, 0.3) is 0 Å². The van der Waals surface area contributed by atoms with Gasteiger partial charge in [-0.25, -0.2) is 0 Å². The average molecular weight is 275 g/mol. The second-order valence-electron chi connectivity index (χ2n) is 7.60. The summed E-state index contributed by atoms with van der Waals surface area (Å²) in [5.41, 5.74) is 1.57. The third-order valence-corrected chi connectivity index (χ3v) is 5.70. The Balaban J connectivity index is 1.51. The first-order valence-electron chi connectivity index (χ1n) is 8.47. The van der Waals surface area contributed by atoms with Crippen LogP contribution >= 0.6 is 0 Å². The van der Waals surface area contributed by atoms with Crippen LogP contribution in [0.2, 0.25) is 0 Å². The van der Waals surface area contributed by atoms with Gasteiger partial charge in [0.2, 0.25) is 5.91 Å². The van der Waals surface area contributed by atoms with Crippen LogP contribution in [0, 0.1) is 29.6 Å². The molecule has 112 valence electrons. The molecule has 2 saturated carbocycles. The van der Waals surface area contributed by atoms with Crippen molar-refractivity contribution in [2.75, 3.05) is 13.1 Å². The highest BCUT2D eigenvalue weighted by Crippen LogP contribution is 2.51. The summed E-state index contributed by atoms with van der Waals surface area (Å²) in [4.78, 5) is 13.9. The normalized spacial score (nSPS) is 36.5. The number of nitrogens with zero attached hydrogens (tertiary/aromatic N) is 1. The molecule has 0 saturated heterocycles. The van der Waals surface area contributed by atoms with E-state index in [1.807, 2.05) is 0 Å². The van der Waals surface area contributed by atoms with Gasteiger partial charge in [-0.05, 0) is 68.6 Å². The minimum Gasteiger partial charge on any atom is -0.342 e. The zero-order chi connectivity index (χ0) is 14.3. The van der Waals surface area contributed by atoms with Crippen molar-refractivity contribution in [3.05, 3.63) is 11.6 Å². The quantitative estimate of drug-likeness (QED) is 0.697. The number of amides is 1. The fraction of sp³-hybridized carbons (Fsp3) is 0.833. The topological polar surface area (TPSA) is 20.3 Å². The van der Waals surface area contributed by atoms with Crippen LogP contribution in [0.3, 0.4) is 0 Å². The van der Waals surface area contributed by atoms with Crippen LogP contribution in [0.4, 0.5) is 0 Å². The van der Waals surface area contributed by atoms with Crippen LogP contribution < -0.4 is 0 Å². The minimum absolute atomic E-state index is 0.287. The molecule has 0 N–H and O–H groups in total. The molecule has 0 heterocycles. The predicted octanol–water partition coefficient (Wildman–Crippen LogP) is 3.87. The van der Waals surface area contributed by atoms with Gasteiger partial charge >= 0.3 is 0 Å². The molecule has 0 aromatic carbocycles. The fourth-order valence-electron chi connectivity index (χ4n) is 4.15. The Labute approximate surface area is 123 Å². The summed E-state index contributed by atoms with van der Waals surface area (Å²) in [6.07, 6.45) is 9.17. The van der Waals surface area contributed by atoms with Crippen LogP contribution in [0.15, 0.2) is 11.6 Å². The largest absolute Gasteiger partial charge is 0.342 e. The number of allylic oxidation sites excluding steroid dienone is 2. The Morgan fingerprint density at radius 1 is 1.25 bits per heavy atom. The van der Waals surface area contributed by atoms with Crippen molar-refractivity contribution in [1.82, 2.24) is 4.90 Å². The lowest BCUT2D eigenvalue weighted by atomic mass is 9.78. The fourth-order valence-corrected chi connectivity index (χ4v) is 4.15. The third kappa shape index (κ3) is 3.27. The highest BCUT2D eigenvalue weighted by atomic mass is 16.2. The van der Waals surface area contributed by atoms with Crippen LogP contribution in [-0.2, 0) is 4.79 Å². The van der Waals surface area contributed by atoms with E-state index >= 15 is 0 Å². The molecule has 0 bridgehead atoms. The van der Waals surface area contributed by atoms with Crippen molar-refractivity contribution in [1.29, 1.82) is 0 Å². The lowest BCUT2D eigenvalue weighted by Gasteiger charge is -2.28. The Morgan fingerprint density at radius 3 is 2.60 bits per heavy atom. The molecule has 0 spiro atoms. The van der Waals surface area contributed by atoms with Crippen molar-refractivity contribution in [2.45, 2.75) is 52.9 Å². The maximum absolute atomic E-state index is 11.8. The second-order valence-corrected chi connectivity index (χ2v) is 7.60. The van der Waals surface area contributed by atoms with E-state index in [9.17, 15) is 4.79 Å². The summed E-state index contributed by atoms with van der Waals surface area (Å²) in [5, 5.41) is 0. The number of hydrogen-bond donors (Lipinski definition) is 0. The molecule has 0 aromatic heterocycles. The minimum atomic E-state index is 0.287. The van der Waals surface area contributed by atoms with Gasteiger partial charge in [0.1, 0.15) is 0 Å². The molecule has 20 heavy (non-hydrogen) atoms. The van der Waals surface area contributed by atoms with E-state index in [2.05, 4.69) is 24.8 Å². The van der Waals surface area contributed by atoms with Gasteiger partial charge in [0.15, 0.2) is 0 Å². The van der Waals surface area contributed by atoms with Crippen molar-refractivity contribution < 1.29 is 4.79 Å². The Morgan fingerprint density at radius 2 is 2.00 bits per heavy atom. The summed E-state index contributed by atoms with van der Waals surface area (Å²) in [6, 6.07) is 0. The molecular formula is C18H29NO. The van der Waals surface area contributed by atoms with Crippen molar-refractivity contribution >= 4 is 5.91 Å². The first-order valence-corrected chi connectivity index (χ1v) is 8.47. The van der Waals surface area contributed by atoms with E-state index in [1.54, 1.807) is 12.5 Å². The number of carbonyl (C=O) groups excluding carboxylic acids is 1. The number of hydrogen-bond acceptors (Lipinski definition) is 1. The van der Waals surface area contributed by atoms with Crippen molar-refractivity contribution in [3.63, 3.8) is 0 Å². The standard InChI is InChI=1S/C18H29NO/c1-12-4-7-17(13(2)8-12)18-9-16(18)11-19(14(3)20)10-15-5-6-15/h8,13,15-18H,4-7,9-11H2,1-3H3. The lowest BCUT2D eigenvalue weighted by molar-refractivity contribution is -0.129. The predicted molar refractivity (Wildman–Crippen MR) is 82.2 cm³/mol. The van der Waals surface area contributed by atoms with Gasteiger partial charge in [-0.3, -0.25) is 4.79 Å². The maximum Gasteiger partial charge on any atom is 0.219 e. The summed E-state index contributed by atoms with van der Waals surface area (Å²) in [5.74, 6) is 4.39. The maximum atomic E-state index is 11.8. The summed E-state index contributed by atoms with van der Waals surface area (Å²) >= 11 is 0. The first-order chi connectivity index (χ1) is 9.54. The van der Waals surface area contributed by atoms with Gasteiger partial charge in [-0.1, -0.05) is 18.6 Å². The van der Waals surface area contributed by atoms with Crippen molar-refractivity contribution in [2.24, 2.45) is 29.6 Å². The molecule has 0 aromatic rings. The van der Waals surface area contributed by atoms with Gasteiger partial charge in [0.05, 0.1) is 0 Å². The second kappa shape index (κ2) is 5.54. The summed E-state index contributed by atoms with van der Waals surface area (Å²) < 4.78 is 0. The number of carbonyl (C=O) groups is 1. The van der Waals surface area contributed by atoms with E-state index in [0.29, 0.717) is 0 Å². The zero-order valence-corrected chi connectivity index (χ0v) is 13.3. The molecule has 4 unspecified atom stereocenters. The number of rotatable bonds is 5. The van der Waals surface area contributed by atoms with Crippen LogP contribution in [0.25, 0.3) is 0 Å². The van der Waals surface area contributed by atoms with Crippen LogP contribution in [0.1, 0.15) is 52.9 Å². The average Bonchev–Trinajstić information content (AvgIpc) is 3.25. The van der Waals surface area contributed by atoms with E-state index in [0.717, 1.165) is 42.7 Å². The van der Waals surface area contributed by atoms with Crippen molar-refractivity contribution in [3.8, 4) is 0 Å². The molecular weight excluding hydrogens is 246 g/mol. The molecule has 2 heteroatoms. The monoisotopic (exact) mass is 275 g/mol. The smallest absolute Gasteiger partial charge is 0.219 e. The summed E-state index contributed by atoms with van der Waals surface area (Å²) in [7, 11) is 0. The summed E-state index contributed by atoms with van der Waals surface area (Å²) in [6.45, 7) is 8.45. The molecule has 0 aliphatic heterocycles. The van der Waals surface area contributed by atoms with E-state index in [1.165, 1.54) is 32.1 Å². The Bertz CT molecular complexity index is 410. The van der Waals surface area contributed by atoms with Gasteiger partial charge in [-0.15, -0.1) is 0 Å². The molecule has 2 nitrogen and oxygen atoms in total. The molecule has 1 amide bonds. The van der Waals surface area contributed by atoms with E-state index in [4.69, 9.17) is 0 Å². The van der Waals surface area contributed by atoms with Crippen LogP contribution in [0.5, 0.6) is 0 Å². The van der Waals surface area contributed by atoms with E-state index < -0.39 is 0 Å². The highest BCUT2D eigenvalue weighted by Gasteiger charge is 2.45. The molecule has 4 atom stereocenters. The SMILES string of the molecule is CC(=O)N(CC1CC1)CC1CC1C1CCC(C)=CC1C. The first kappa shape index (κ1) is 14.2. The molecule has 3 rings (SSSR count). The van der Waals surface area contributed by atoms with Crippen LogP contribution in [-0.4, -0.2) is 23.9 Å². The van der Waals surface area contributed by atoms with E-state index in [-0.39, 0.29) is 5.91 Å². The molecule has 2 fully saturated rings. The molecule has 0 radical (unpaired) electrons. The lowest BCUT2D eigenvalue weighted by Crippen LogP contribution is -2.33.